The van der Waals surface area contributed by atoms with Gasteiger partial charge in [0.05, 0.1) is 13.2 Å². The molecule has 0 radical (unpaired) electrons. The van der Waals surface area contributed by atoms with Gasteiger partial charge in [0.25, 0.3) is 0 Å². The zero-order valence-corrected chi connectivity index (χ0v) is 13.3. The predicted octanol–water partition coefficient (Wildman–Crippen LogP) is 4.04. The minimum atomic E-state index is 0.0785. The number of carbonyl (C=O) groups is 1. The van der Waals surface area contributed by atoms with E-state index in [2.05, 4.69) is 20.8 Å². The molecule has 0 aliphatic heterocycles. The van der Waals surface area contributed by atoms with Crippen LogP contribution in [0.3, 0.4) is 0 Å². The lowest BCUT2D eigenvalue weighted by Gasteiger charge is -2.29. The lowest BCUT2D eigenvalue weighted by molar-refractivity contribution is -0.133. The molecule has 1 atom stereocenters. The van der Waals surface area contributed by atoms with Gasteiger partial charge in [0, 0.05) is 13.0 Å². The van der Waals surface area contributed by atoms with Crippen LogP contribution in [0.1, 0.15) is 52.1 Å². The number of hydrogen-bond donors (Lipinski definition) is 0. The summed E-state index contributed by atoms with van der Waals surface area (Å²) in [6.45, 7) is 9.13. The Labute approximate surface area is 122 Å². The Morgan fingerprint density at radius 1 is 1.30 bits per heavy atom. The minimum absolute atomic E-state index is 0.0785. The summed E-state index contributed by atoms with van der Waals surface area (Å²) in [5.41, 5.74) is 1.11. The van der Waals surface area contributed by atoms with Crippen LogP contribution in [0.25, 0.3) is 0 Å². The summed E-state index contributed by atoms with van der Waals surface area (Å²) in [7, 11) is 1.66. The molecule has 1 unspecified atom stereocenters. The van der Waals surface area contributed by atoms with E-state index >= 15 is 0 Å². The fourth-order valence-electron chi connectivity index (χ4n) is 2.30. The summed E-state index contributed by atoms with van der Waals surface area (Å²) in [6, 6.07) is 8.02. The Balaban J connectivity index is 2.79. The summed E-state index contributed by atoms with van der Waals surface area (Å²) < 4.78 is 5.25. The van der Waals surface area contributed by atoms with Crippen LogP contribution in [-0.4, -0.2) is 24.5 Å². The summed E-state index contributed by atoms with van der Waals surface area (Å²) in [5, 5.41) is 0. The van der Waals surface area contributed by atoms with Gasteiger partial charge < -0.3 is 9.64 Å². The van der Waals surface area contributed by atoms with Crippen LogP contribution >= 0.6 is 0 Å². The van der Waals surface area contributed by atoms with Crippen molar-refractivity contribution >= 4 is 5.91 Å². The minimum Gasteiger partial charge on any atom is -0.497 e. The predicted molar refractivity (Wildman–Crippen MR) is 82.9 cm³/mol. The monoisotopic (exact) mass is 277 g/mol. The molecule has 0 N–H and O–H groups in total. The second-order valence-electron chi connectivity index (χ2n) is 5.56. The number of nitrogens with zero attached hydrogens (tertiary/aromatic N) is 1. The van der Waals surface area contributed by atoms with Crippen LogP contribution in [0.2, 0.25) is 0 Å². The summed E-state index contributed by atoms with van der Waals surface area (Å²) >= 11 is 0. The van der Waals surface area contributed by atoms with Gasteiger partial charge in [0.1, 0.15) is 5.75 Å². The molecule has 0 aliphatic carbocycles. The SMILES string of the molecule is CCN(C(=O)CCC(C)C)C(C)c1cccc(OC)c1. The largest absolute Gasteiger partial charge is 0.497 e. The summed E-state index contributed by atoms with van der Waals surface area (Å²) in [6.07, 6.45) is 1.57. The highest BCUT2D eigenvalue weighted by Gasteiger charge is 2.20. The molecule has 0 bridgehead atoms. The molecule has 1 aromatic carbocycles. The first-order valence-corrected chi connectivity index (χ1v) is 7.43. The molecule has 0 aliphatic rings. The zero-order chi connectivity index (χ0) is 15.1. The van der Waals surface area contributed by atoms with E-state index in [4.69, 9.17) is 4.74 Å². The van der Waals surface area contributed by atoms with Gasteiger partial charge in [-0.1, -0.05) is 26.0 Å². The number of rotatable bonds is 7. The molecule has 0 saturated carbocycles. The maximum absolute atomic E-state index is 12.3. The van der Waals surface area contributed by atoms with Gasteiger partial charge in [-0.15, -0.1) is 0 Å². The topological polar surface area (TPSA) is 29.5 Å². The maximum Gasteiger partial charge on any atom is 0.223 e. The highest BCUT2D eigenvalue weighted by Crippen LogP contribution is 2.24. The third-order valence-corrected chi connectivity index (χ3v) is 3.64. The molecule has 1 aromatic rings. The van der Waals surface area contributed by atoms with E-state index in [1.54, 1.807) is 7.11 Å². The van der Waals surface area contributed by atoms with Crippen molar-refractivity contribution in [1.29, 1.82) is 0 Å². The van der Waals surface area contributed by atoms with Crippen LogP contribution in [0.15, 0.2) is 24.3 Å². The van der Waals surface area contributed by atoms with E-state index in [-0.39, 0.29) is 11.9 Å². The first-order valence-electron chi connectivity index (χ1n) is 7.43. The average molecular weight is 277 g/mol. The van der Waals surface area contributed by atoms with E-state index in [1.807, 2.05) is 36.1 Å². The van der Waals surface area contributed by atoms with Crippen molar-refractivity contribution in [3.05, 3.63) is 29.8 Å². The van der Waals surface area contributed by atoms with Crippen molar-refractivity contribution in [3.8, 4) is 5.75 Å². The van der Waals surface area contributed by atoms with Crippen molar-refractivity contribution in [3.63, 3.8) is 0 Å². The smallest absolute Gasteiger partial charge is 0.223 e. The number of methoxy groups -OCH3 is 1. The fourth-order valence-corrected chi connectivity index (χ4v) is 2.30. The highest BCUT2D eigenvalue weighted by molar-refractivity contribution is 5.76. The van der Waals surface area contributed by atoms with E-state index in [0.717, 1.165) is 24.3 Å². The first-order chi connectivity index (χ1) is 9.49. The molecule has 112 valence electrons. The normalized spacial score (nSPS) is 12.3. The summed E-state index contributed by atoms with van der Waals surface area (Å²) in [5.74, 6) is 1.63. The standard InChI is InChI=1S/C17H27NO2/c1-6-18(17(19)11-10-13(2)3)14(4)15-8-7-9-16(12-15)20-5/h7-9,12-14H,6,10-11H2,1-5H3. The number of ether oxygens (including phenoxy) is 1. The number of hydrogen-bond acceptors (Lipinski definition) is 2. The Morgan fingerprint density at radius 2 is 2.00 bits per heavy atom. The molecule has 20 heavy (non-hydrogen) atoms. The van der Waals surface area contributed by atoms with E-state index < -0.39 is 0 Å². The van der Waals surface area contributed by atoms with Crippen molar-refractivity contribution < 1.29 is 9.53 Å². The van der Waals surface area contributed by atoms with Gasteiger partial charge in [-0.2, -0.15) is 0 Å². The van der Waals surface area contributed by atoms with Crippen molar-refractivity contribution in [2.75, 3.05) is 13.7 Å². The molecular formula is C17H27NO2. The van der Waals surface area contributed by atoms with Gasteiger partial charge in [-0.3, -0.25) is 4.79 Å². The second kappa shape index (κ2) is 7.93. The Bertz CT molecular complexity index is 429. The van der Waals surface area contributed by atoms with Crippen LogP contribution < -0.4 is 4.74 Å². The molecule has 1 amide bonds. The Kier molecular flexibility index (Phi) is 6.56. The third-order valence-electron chi connectivity index (χ3n) is 3.64. The van der Waals surface area contributed by atoms with Crippen molar-refractivity contribution in [2.24, 2.45) is 5.92 Å². The molecule has 1 rings (SSSR count). The molecule has 3 heteroatoms. The van der Waals surface area contributed by atoms with Gasteiger partial charge in [0.2, 0.25) is 5.91 Å². The molecule has 0 fully saturated rings. The number of amides is 1. The van der Waals surface area contributed by atoms with Crippen LogP contribution in [0, 0.1) is 5.92 Å². The molecule has 0 heterocycles. The van der Waals surface area contributed by atoms with Crippen molar-refractivity contribution in [1.82, 2.24) is 4.90 Å². The summed E-state index contributed by atoms with van der Waals surface area (Å²) in [4.78, 5) is 14.3. The lowest BCUT2D eigenvalue weighted by atomic mass is 10.0. The Morgan fingerprint density at radius 3 is 2.55 bits per heavy atom. The van der Waals surface area contributed by atoms with E-state index in [9.17, 15) is 4.79 Å². The first kappa shape index (κ1) is 16.5. The number of carbonyl (C=O) groups excluding carboxylic acids is 1. The lowest BCUT2D eigenvalue weighted by Crippen LogP contribution is -2.33. The van der Waals surface area contributed by atoms with Gasteiger partial charge >= 0.3 is 0 Å². The Hall–Kier alpha value is -1.51. The van der Waals surface area contributed by atoms with Gasteiger partial charge in [-0.05, 0) is 43.9 Å². The molecule has 0 spiro atoms. The molecule has 0 saturated heterocycles. The van der Waals surface area contributed by atoms with Crippen LogP contribution in [0.4, 0.5) is 0 Å². The third kappa shape index (κ3) is 4.55. The number of benzene rings is 1. The van der Waals surface area contributed by atoms with Gasteiger partial charge in [-0.25, -0.2) is 0 Å². The van der Waals surface area contributed by atoms with Crippen molar-refractivity contribution in [2.45, 2.75) is 46.6 Å². The average Bonchev–Trinajstić information content (AvgIpc) is 2.45. The highest BCUT2D eigenvalue weighted by atomic mass is 16.5. The van der Waals surface area contributed by atoms with Gasteiger partial charge in [0.15, 0.2) is 0 Å². The fraction of sp³-hybridized carbons (Fsp3) is 0.588. The maximum atomic E-state index is 12.3. The van der Waals surface area contributed by atoms with E-state index in [1.165, 1.54) is 0 Å². The molecule has 0 aromatic heterocycles. The zero-order valence-electron chi connectivity index (χ0n) is 13.3. The van der Waals surface area contributed by atoms with E-state index in [0.29, 0.717) is 12.3 Å². The van der Waals surface area contributed by atoms with Crippen LogP contribution in [-0.2, 0) is 4.79 Å². The van der Waals surface area contributed by atoms with Crippen LogP contribution in [0.5, 0.6) is 5.75 Å². The molecule has 3 nitrogen and oxygen atoms in total. The molecular weight excluding hydrogens is 250 g/mol. The quantitative estimate of drug-likeness (QED) is 0.752. The second-order valence-corrected chi connectivity index (χ2v) is 5.56.